The summed E-state index contributed by atoms with van der Waals surface area (Å²) in [6, 6.07) is 0. The Labute approximate surface area is 119 Å². The first-order valence-corrected chi connectivity index (χ1v) is 7.29. The summed E-state index contributed by atoms with van der Waals surface area (Å²) in [7, 11) is -5.25. The van der Waals surface area contributed by atoms with Gasteiger partial charge in [-0.05, 0) is 0 Å². The molecule has 1 aliphatic heterocycles. The van der Waals surface area contributed by atoms with Crippen LogP contribution in [0.15, 0.2) is 0 Å². The summed E-state index contributed by atoms with van der Waals surface area (Å²) in [5.74, 6) is 0. The van der Waals surface area contributed by atoms with Gasteiger partial charge in [-0.1, -0.05) is 0 Å². The second-order valence-corrected chi connectivity index (χ2v) is 6.24. The lowest BCUT2D eigenvalue weighted by Crippen LogP contribution is -2.70. The van der Waals surface area contributed by atoms with Crippen molar-refractivity contribution in [2.24, 2.45) is 0 Å². The van der Waals surface area contributed by atoms with Crippen LogP contribution in [0.25, 0.3) is 0 Å². The third kappa shape index (κ3) is 3.34. The van der Waals surface area contributed by atoms with E-state index in [1.54, 1.807) is 0 Å². The number of hydrogen-bond donors (Lipinski definition) is 8. The molecule has 1 aliphatic rings. The highest BCUT2D eigenvalue weighted by Crippen LogP contribution is 2.31. The van der Waals surface area contributed by atoms with Crippen LogP contribution in [-0.4, -0.2) is 103 Å². The fraction of sp³-hybridized carbons (Fsp3) is 1.00. The predicted octanol–water partition coefficient (Wildman–Crippen LogP) is -5.24. The van der Waals surface area contributed by atoms with Gasteiger partial charge in [-0.3, -0.25) is 4.55 Å². The van der Waals surface area contributed by atoms with Gasteiger partial charge in [0.25, 0.3) is 10.1 Å². The van der Waals surface area contributed by atoms with Crippen molar-refractivity contribution in [3.05, 3.63) is 0 Å². The zero-order chi connectivity index (χ0) is 16.6. The third-order valence-electron chi connectivity index (χ3n) is 3.35. The Morgan fingerprint density at radius 3 is 2.00 bits per heavy atom. The molecule has 126 valence electrons. The Bertz CT molecular complexity index is 451. The number of aliphatic hydroxyl groups excluding tert-OH is 6. The van der Waals surface area contributed by atoms with Crippen LogP contribution in [0.5, 0.6) is 0 Å². The number of rotatable bonds is 5. The minimum absolute atomic E-state index is 0.870. The molecule has 1 rings (SSSR count). The Hall–Kier alpha value is -0.410. The van der Waals surface area contributed by atoms with Gasteiger partial charge in [0, 0.05) is 0 Å². The summed E-state index contributed by atoms with van der Waals surface area (Å²) in [5.41, 5.74) is -6.07. The Morgan fingerprint density at radius 1 is 1.10 bits per heavy atom. The molecule has 1 heterocycles. The molecule has 3 unspecified atom stereocenters. The van der Waals surface area contributed by atoms with Gasteiger partial charge in [0.15, 0.2) is 5.60 Å². The molecule has 0 aliphatic carbocycles. The molecule has 0 saturated carbocycles. The first-order valence-electron chi connectivity index (χ1n) is 5.78. The van der Waals surface area contributed by atoms with Crippen molar-refractivity contribution >= 4 is 10.1 Å². The van der Waals surface area contributed by atoms with E-state index in [0.29, 0.717) is 0 Å². The Kier molecular flexibility index (Phi) is 5.66. The van der Waals surface area contributed by atoms with Crippen LogP contribution in [0.2, 0.25) is 0 Å². The molecule has 0 amide bonds. The van der Waals surface area contributed by atoms with E-state index < -0.39 is 64.9 Å². The topological polar surface area (TPSA) is 205 Å². The van der Waals surface area contributed by atoms with Crippen molar-refractivity contribution in [3.8, 4) is 0 Å². The molecule has 8 N–H and O–H groups in total. The van der Waals surface area contributed by atoms with Crippen LogP contribution >= 0.6 is 0 Å². The molecule has 0 bridgehead atoms. The molecule has 0 aromatic carbocycles. The van der Waals surface area contributed by atoms with Crippen molar-refractivity contribution in [1.29, 1.82) is 0 Å². The highest BCUT2D eigenvalue weighted by molar-refractivity contribution is 7.86. The standard InChI is InChI=1S/C9H18O11S/c10-1-3-4(12)5(13)6(14)7(20-3)9(16,2-11)8(15)21(17,18)19/h3-8,10-16H,1-2H2,(H,17,18,19)/t3-,4+,5+,6-,7?,8?,9?/m1/s1. The van der Waals surface area contributed by atoms with Crippen LogP contribution < -0.4 is 0 Å². The minimum atomic E-state index is -5.25. The van der Waals surface area contributed by atoms with Gasteiger partial charge in [0.05, 0.1) is 13.2 Å². The predicted molar refractivity (Wildman–Crippen MR) is 63.4 cm³/mol. The maximum Gasteiger partial charge on any atom is 0.295 e. The van der Waals surface area contributed by atoms with Gasteiger partial charge in [0.2, 0.25) is 5.44 Å². The highest BCUT2D eigenvalue weighted by atomic mass is 32.2. The molecule has 0 spiro atoms. The fourth-order valence-corrected chi connectivity index (χ4v) is 2.81. The van der Waals surface area contributed by atoms with Crippen LogP contribution in [0.3, 0.4) is 0 Å². The SMILES string of the molecule is O=S(=O)(O)C(O)C(O)(CO)C1O[C@H](CO)[C@H](O)[C@H](O)[C@H]1O. The van der Waals surface area contributed by atoms with Crippen molar-refractivity contribution in [2.45, 2.75) is 41.6 Å². The van der Waals surface area contributed by atoms with E-state index in [-0.39, 0.29) is 0 Å². The summed E-state index contributed by atoms with van der Waals surface area (Å²) in [6.45, 7) is -2.35. The summed E-state index contributed by atoms with van der Waals surface area (Å²) >= 11 is 0. The second-order valence-electron chi connectivity index (χ2n) is 4.77. The van der Waals surface area contributed by atoms with Crippen molar-refractivity contribution < 1.29 is 53.5 Å². The number of aliphatic hydroxyl groups is 7. The van der Waals surface area contributed by atoms with Crippen LogP contribution in [-0.2, 0) is 14.9 Å². The van der Waals surface area contributed by atoms with E-state index in [9.17, 15) is 34.0 Å². The Morgan fingerprint density at radius 2 is 1.62 bits per heavy atom. The van der Waals surface area contributed by atoms with Gasteiger partial charge >= 0.3 is 0 Å². The first-order chi connectivity index (χ1) is 9.50. The fourth-order valence-electron chi connectivity index (χ4n) is 2.08. The average molecular weight is 334 g/mol. The largest absolute Gasteiger partial charge is 0.394 e. The van der Waals surface area contributed by atoms with Crippen molar-refractivity contribution in [1.82, 2.24) is 0 Å². The molecule has 7 atom stereocenters. The van der Waals surface area contributed by atoms with Crippen LogP contribution in [0, 0.1) is 0 Å². The van der Waals surface area contributed by atoms with E-state index in [4.69, 9.17) is 19.5 Å². The molecule has 1 saturated heterocycles. The molecule has 1 fully saturated rings. The smallest absolute Gasteiger partial charge is 0.295 e. The zero-order valence-corrected chi connectivity index (χ0v) is 11.4. The van der Waals surface area contributed by atoms with Gasteiger partial charge < -0.3 is 40.5 Å². The highest BCUT2D eigenvalue weighted by Gasteiger charge is 2.58. The molecule has 11 nitrogen and oxygen atoms in total. The maximum absolute atomic E-state index is 10.9. The van der Waals surface area contributed by atoms with Gasteiger partial charge in [0.1, 0.15) is 30.5 Å². The molecule has 12 heteroatoms. The van der Waals surface area contributed by atoms with Crippen molar-refractivity contribution in [2.75, 3.05) is 13.2 Å². The monoisotopic (exact) mass is 334 g/mol. The third-order valence-corrected chi connectivity index (χ3v) is 4.32. The van der Waals surface area contributed by atoms with Gasteiger partial charge in [-0.25, -0.2) is 0 Å². The molecule has 21 heavy (non-hydrogen) atoms. The quantitative estimate of drug-likeness (QED) is 0.223. The van der Waals surface area contributed by atoms with Crippen molar-refractivity contribution in [3.63, 3.8) is 0 Å². The summed E-state index contributed by atoms with van der Waals surface area (Å²) in [5, 5.41) is 66.4. The summed E-state index contributed by atoms with van der Waals surface area (Å²) < 4.78 is 35.4. The van der Waals surface area contributed by atoms with Crippen LogP contribution in [0.1, 0.15) is 0 Å². The first kappa shape index (κ1) is 18.6. The summed E-state index contributed by atoms with van der Waals surface area (Å²) in [6.07, 6.45) is -9.48. The Balaban J connectivity index is 3.20. The van der Waals surface area contributed by atoms with E-state index in [1.165, 1.54) is 0 Å². The molecular weight excluding hydrogens is 316 g/mol. The molecule has 0 radical (unpaired) electrons. The lowest BCUT2D eigenvalue weighted by atomic mass is 9.85. The maximum atomic E-state index is 10.9. The lowest BCUT2D eigenvalue weighted by molar-refractivity contribution is -0.284. The van der Waals surface area contributed by atoms with Crippen LogP contribution in [0.4, 0.5) is 0 Å². The average Bonchev–Trinajstić information content (AvgIpc) is 2.42. The lowest BCUT2D eigenvalue weighted by Gasteiger charge is -2.46. The van der Waals surface area contributed by atoms with E-state index in [1.807, 2.05) is 0 Å². The van der Waals surface area contributed by atoms with E-state index in [2.05, 4.69) is 0 Å². The normalized spacial score (nSPS) is 38.8. The summed E-state index contributed by atoms with van der Waals surface area (Å²) in [4.78, 5) is 0. The second kappa shape index (κ2) is 6.37. The zero-order valence-electron chi connectivity index (χ0n) is 10.6. The number of ether oxygens (including phenoxy) is 1. The molecule has 0 aromatic heterocycles. The van der Waals surface area contributed by atoms with Gasteiger partial charge in [-0.15, -0.1) is 0 Å². The molecular formula is C9H18O11S. The van der Waals surface area contributed by atoms with E-state index >= 15 is 0 Å². The number of hydrogen-bond acceptors (Lipinski definition) is 10. The van der Waals surface area contributed by atoms with E-state index in [0.717, 1.165) is 0 Å². The minimum Gasteiger partial charge on any atom is -0.394 e. The molecule has 0 aromatic rings. The van der Waals surface area contributed by atoms with Gasteiger partial charge in [-0.2, -0.15) is 8.42 Å².